The zero-order chi connectivity index (χ0) is 15.1. The third kappa shape index (κ3) is 5.23. The van der Waals surface area contributed by atoms with E-state index in [4.69, 9.17) is 14.9 Å². The van der Waals surface area contributed by atoms with Crippen LogP contribution in [-0.4, -0.2) is 36.3 Å². The van der Waals surface area contributed by atoms with Crippen LogP contribution in [0, 0.1) is 0 Å². The molecule has 0 fully saturated rings. The summed E-state index contributed by atoms with van der Waals surface area (Å²) in [6.07, 6.45) is 2.80. The number of nitrogens with two attached hydrogens (primary N) is 1. The zero-order valence-corrected chi connectivity index (χ0v) is 12.2. The van der Waals surface area contributed by atoms with Crippen LogP contribution in [0.15, 0.2) is 47.3 Å². The van der Waals surface area contributed by atoms with Gasteiger partial charge >= 0.3 is 0 Å². The molecular weight excluding hydrogens is 268 g/mol. The van der Waals surface area contributed by atoms with Crippen molar-refractivity contribution in [2.75, 3.05) is 20.2 Å². The van der Waals surface area contributed by atoms with E-state index in [0.717, 1.165) is 23.4 Å². The molecule has 0 spiro atoms. The highest BCUT2D eigenvalue weighted by Gasteiger charge is 2.10. The minimum atomic E-state index is -0.552. The van der Waals surface area contributed by atoms with Crippen LogP contribution < -0.4 is 10.5 Å². The monoisotopic (exact) mass is 290 g/mol. The van der Waals surface area contributed by atoms with Crippen molar-refractivity contribution >= 4 is 0 Å². The molecule has 114 valence electrons. The second-order valence-electron chi connectivity index (χ2n) is 5.14. The molecule has 3 N–H and O–H groups in total. The van der Waals surface area contributed by atoms with Gasteiger partial charge in [0.2, 0.25) is 0 Å². The van der Waals surface area contributed by atoms with Crippen LogP contribution in [0.2, 0.25) is 0 Å². The Morgan fingerprint density at radius 3 is 2.90 bits per heavy atom. The van der Waals surface area contributed by atoms with Gasteiger partial charge in [0.25, 0.3) is 0 Å². The molecule has 0 aliphatic carbocycles. The average molecular weight is 290 g/mol. The smallest absolute Gasteiger partial charge is 0.119 e. The van der Waals surface area contributed by atoms with Crippen LogP contribution >= 0.6 is 0 Å². The molecule has 1 heterocycles. The van der Waals surface area contributed by atoms with Gasteiger partial charge in [0.15, 0.2) is 0 Å². The van der Waals surface area contributed by atoms with Crippen LogP contribution in [0.5, 0.6) is 5.75 Å². The van der Waals surface area contributed by atoms with E-state index >= 15 is 0 Å². The number of aliphatic hydroxyl groups is 1. The third-order valence-corrected chi connectivity index (χ3v) is 3.13. The fourth-order valence-corrected chi connectivity index (χ4v) is 2.13. The van der Waals surface area contributed by atoms with Gasteiger partial charge in [-0.3, -0.25) is 4.90 Å². The number of nitrogens with zero attached hydrogens (tertiary/aromatic N) is 1. The van der Waals surface area contributed by atoms with E-state index in [1.807, 2.05) is 42.3 Å². The largest absolute Gasteiger partial charge is 0.491 e. The first-order valence-electron chi connectivity index (χ1n) is 6.97. The fourth-order valence-electron chi connectivity index (χ4n) is 2.13. The number of benzene rings is 1. The van der Waals surface area contributed by atoms with E-state index in [9.17, 15) is 5.11 Å². The van der Waals surface area contributed by atoms with Crippen molar-refractivity contribution in [1.82, 2.24) is 4.90 Å². The lowest BCUT2D eigenvalue weighted by molar-refractivity contribution is 0.0743. The minimum absolute atomic E-state index is 0.254. The fraction of sp³-hybridized carbons (Fsp3) is 0.375. The lowest BCUT2D eigenvalue weighted by Crippen LogP contribution is -2.32. The number of hydrogen-bond donors (Lipinski definition) is 2. The molecule has 0 aliphatic heterocycles. The Hall–Kier alpha value is -1.82. The highest BCUT2D eigenvalue weighted by atomic mass is 16.5. The molecule has 1 aromatic carbocycles. The van der Waals surface area contributed by atoms with Crippen LogP contribution in [-0.2, 0) is 13.1 Å². The molecule has 5 heteroatoms. The van der Waals surface area contributed by atoms with E-state index in [-0.39, 0.29) is 6.61 Å². The molecule has 21 heavy (non-hydrogen) atoms. The van der Waals surface area contributed by atoms with Gasteiger partial charge in [0.1, 0.15) is 18.5 Å². The number of hydrogen-bond acceptors (Lipinski definition) is 5. The molecule has 0 saturated carbocycles. The molecular formula is C16H22N2O3. The number of rotatable bonds is 8. The molecule has 0 amide bonds. The molecule has 2 aromatic rings. The Balaban J connectivity index is 1.74. The summed E-state index contributed by atoms with van der Waals surface area (Å²) in [6, 6.07) is 9.51. The Bertz CT molecular complexity index is 528. The summed E-state index contributed by atoms with van der Waals surface area (Å²) < 4.78 is 10.6. The normalized spacial score (nSPS) is 12.6. The van der Waals surface area contributed by atoms with Gasteiger partial charge < -0.3 is 20.0 Å². The summed E-state index contributed by atoms with van der Waals surface area (Å²) in [5.74, 6) is 0.731. The van der Waals surface area contributed by atoms with E-state index in [2.05, 4.69) is 0 Å². The van der Waals surface area contributed by atoms with Crippen molar-refractivity contribution in [1.29, 1.82) is 0 Å². The maximum Gasteiger partial charge on any atom is 0.119 e. The number of ether oxygens (including phenoxy) is 1. The summed E-state index contributed by atoms with van der Waals surface area (Å²) in [7, 11) is 1.95. The van der Waals surface area contributed by atoms with Gasteiger partial charge in [0.05, 0.1) is 12.5 Å². The summed E-state index contributed by atoms with van der Waals surface area (Å²) in [6.45, 7) is 1.99. The van der Waals surface area contributed by atoms with E-state index in [0.29, 0.717) is 13.1 Å². The molecule has 0 aliphatic rings. The summed E-state index contributed by atoms with van der Waals surface area (Å²) in [4.78, 5) is 2.02. The predicted octanol–water partition coefficient (Wildman–Crippen LogP) is 1.61. The topological polar surface area (TPSA) is 71.9 Å². The van der Waals surface area contributed by atoms with Gasteiger partial charge in [-0.05, 0) is 30.8 Å². The van der Waals surface area contributed by atoms with E-state index in [1.165, 1.54) is 0 Å². The minimum Gasteiger partial charge on any atom is -0.491 e. The van der Waals surface area contributed by atoms with Crippen molar-refractivity contribution in [3.05, 3.63) is 54.0 Å². The first kappa shape index (κ1) is 15.6. The van der Waals surface area contributed by atoms with Gasteiger partial charge in [-0.1, -0.05) is 12.1 Å². The van der Waals surface area contributed by atoms with Crippen molar-refractivity contribution in [2.24, 2.45) is 5.73 Å². The van der Waals surface area contributed by atoms with Crippen molar-refractivity contribution in [3.63, 3.8) is 0 Å². The second-order valence-corrected chi connectivity index (χ2v) is 5.14. The summed E-state index contributed by atoms with van der Waals surface area (Å²) >= 11 is 0. The number of likely N-dealkylation sites (N-methyl/N-ethyl adjacent to an activating group) is 1. The molecule has 1 aromatic heterocycles. The second kappa shape index (κ2) is 7.83. The average Bonchev–Trinajstić information content (AvgIpc) is 2.98. The molecule has 0 saturated heterocycles. The maximum absolute atomic E-state index is 10.0. The Labute approximate surface area is 124 Å². The Kier molecular flexibility index (Phi) is 5.80. The summed E-state index contributed by atoms with van der Waals surface area (Å²) in [5.41, 5.74) is 7.68. The SMILES string of the molecule is CN(Cc1ccoc1)CC(O)COc1cccc(CN)c1. The van der Waals surface area contributed by atoms with E-state index in [1.54, 1.807) is 12.5 Å². The molecule has 1 unspecified atom stereocenters. The first-order valence-corrected chi connectivity index (χ1v) is 6.97. The lowest BCUT2D eigenvalue weighted by atomic mass is 10.2. The molecule has 0 radical (unpaired) electrons. The highest BCUT2D eigenvalue weighted by molar-refractivity contribution is 5.28. The van der Waals surface area contributed by atoms with Crippen LogP contribution in [0.1, 0.15) is 11.1 Å². The highest BCUT2D eigenvalue weighted by Crippen LogP contribution is 2.13. The van der Waals surface area contributed by atoms with Crippen LogP contribution in [0.3, 0.4) is 0 Å². The van der Waals surface area contributed by atoms with Crippen molar-refractivity contribution < 1.29 is 14.3 Å². The standard InChI is InChI=1S/C16H22N2O3/c1-18(9-14-5-6-20-11-14)10-15(19)12-21-16-4-2-3-13(7-16)8-17/h2-7,11,15,19H,8-10,12,17H2,1H3. The maximum atomic E-state index is 10.0. The van der Waals surface area contributed by atoms with E-state index < -0.39 is 6.10 Å². The Morgan fingerprint density at radius 2 is 2.19 bits per heavy atom. The predicted molar refractivity (Wildman–Crippen MR) is 80.9 cm³/mol. The molecule has 2 rings (SSSR count). The molecule has 0 bridgehead atoms. The number of furan rings is 1. The first-order chi connectivity index (χ1) is 10.2. The van der Waals surface area contributed by atoms with Crippen molar-refractivity contribution in [3.8, 4) is 5.75 Å². The van der Waals surface area contributed by atoms with Crippen LogP contribution in [0.25, 0.3) is 0 Å². The quantitative estimate of drug-likeness (QED) is 0.773. The van der Waals surface area contributed by atoms with Gasteiger partial charge in [-0.2, -0.15) is 0 Å². The van der Waals surface area contributed by atoms with Gasteiger partial charge in [0, 0.05) is 25.2 Å². The van der Waals surface area contributed by atoms with Gasteiger partial charge in [-0.15, -0.1) is 0 Å². The van der Waals surface area contributed by atoms with Crippen LogP contribution in [0.4, 0.5) is 0 Å². The van der Waals surface area contributed by atoms with Gasteiger partial charge in [-0.25, -0.2) is 0 Å². The summed E-state index contributed by atoms with van der Waals surface area (Å²) in [5, 5.41) is 10.0. The molecule has 1 atom stereocenters. The van der Waals surface area contributed by atoms with Crippen molar-refractivity contribution in [2.45, 2.75) is 19.2 Å². The Morgan fingerprint density at radius 1 is 1.33 bits per heavy atom. The molecule has 5 nitrogen and oxygen atoms in total. The zero-order valence-electron chi connectivity index (χ0n) is 12.2. The lowest BCUT2D eigenvalue weighted by Gasteiger charge is -2.20. The number of aliphatic hydroxyl groups excluding tert-OH is 1. The third-order valence-electron chi connectivity index (χ3n) is 3.13.